The van der Waals surface area contributed by atoms with Gasteiger partial charge in [0, 0.05) is 19.6 Å². The van der Waals surface area contributed by atoms with E-state index in [4.69, 9.17) is 0 Å². The molecule has 2 aromatic rings. The van der Waals surface area contributed by atoms with Crippen molar-refractivity contribution < 1.29 is 8.78 Å². The standard InChI is InChI=1S/C17H18F2N2/c1-21-11-10-20-12-17(21,13-2-6-15(18)7-3-13)14-4-8-16(19)9-5-14/h2-9,20H,10-12H2,1H3. The van der Waals surface area contributed by atoms with Crippen molar-refractivity contribution in [2.45, 2.75) is 5.54 Å². The van der Waals surface area contributed by atoms with Gasteiger partial charge in [-0.05, 0) is 42.4 Å². The molecule has 2 aromatic carbocycles. The first kappa shape index (κ1) is 14.2. The predicted octanol–water partition coefficient (Wildman–Crippen LogP) is 2.74. The van der Waals surface area contributed by atoms with E-state index < -0.39 is 5.54 Å². The molecule has 110 valence electrons. The summed E-state index contributed by atoms with van der Waals surface area (Å²) in [6.07, 6.45) is 0. The molecule has 0 aromatic heterocycles. The Morgan fingerprint density at radius 3 is 1.81 bits per heavy atom. The van der Waals surface area contributed by atoms with Gasteiger partial charge in [0.1, 0.15) is 11.6 Å². The fraction of sp³-hybridized carbons (Fsp3) is 0.294. The van der Waals surface area contributed by atoms with E-state index in [1.807, 2.05) is 31.3 Å². The lowest BCUT2D eigenvalue weighted by Crippen LogP contribution is -2.58. The van der Waals surface area contributed by atoms with Gasteiger partial charge >= 0.3 is 0 Å². The Bertz CT molecular complexity index is 562. The van der Waals surface area contributed by atoms with Gasteiger partial charge in [0.2, 0.25) is 0 Å². The van der Waals surface area contributed by atoms with Crippen molar-refractivity contribution in [3.05, 3.63) is 71.3 Å². The van der Waals surface area contributed by atoms with E-state index in [2.05, 4.69) is 10.2 Å². The quantitative estimate of drug-likeness (QED) is 0.914. The second-order valence-corrected chi connectivity index (χ2v) is 5.47. The average Bonchev–Trinajstić information content (AvgIpc) is 2.50. The monoisotopic (exact) mass is 288 g/mol. The summed E-state index contributed by atoms with van der Waals surface area (Å²) in [5.41, 5.74) is 1.61. The topological polar surface area (TPSA) is 15.3 Å². The molecule has 0 radical (unpaired) electrons. The Kier molecular flexibility index (Phi) is 3.74. The zero-order valence-corrected chi connectivity index (χ0v) is 11.9. The highest BCUT2D eigenvalue weighted by Gasteiger charge is 2.40. The molecule has 0 amide bonds. The van der Waals surface area contributed by atoms with Crippen molar-refractivity contribution in [1.29, 1.82) is 0 Å². The fourth-order valence-electron chi connectivity index (χ4n) is 3.10. The van der Waals surface area contributed by atoms with Gasteiger partial charge in [-0.3, -0.25) is 4.90 Å². The molecule has 1 aliphatic heterocycles. The van der Waals surface area contributed by atoms with Gasteiger partial charge in [-0.2, -0.15) is 0 Å². The highest BCUT2D eigenvalue weighted by atomic mass is 19.1. The molecule has 0 unspecified atom stereocenters. The Hall–Kier alpha value is -1.78. The van der Waals surface area contributed by atoms with Crippen LogP contribution in [0.15, 0.2) is 48.5 Å². The summed E-state index contributed by atoms with van der Waals surface area (Å²) in [4.78, 5) is 2.24. The second-order valence-electron chi connectivity index (χ2n) is 5.47. The minimum Gasteiger partial charge on any atom is -0.313 e. The predicted molar refractivity (Wildman–Crippen MR) is 79.1 cm³/mol. The number of benzene rings is 2. The molecule has 0 spiro atoms. The van der Waals surface area contributed by atoms with Gasteiger partial charge in [-0.25, -0.2) is 8.78 Å². The first-order chi connectivity index (χ1) is 10.1. The maximum Gasteiger partial charge on any atom is 0.123 e. The number of halogens is 2. The molecule has 0 saturated carbocycles. The zero-order valence-electron chi connectivity index (χ0n) is 11.9. The lowest BCUT2D eigenvalue weighted by molar-refractivity contribution is 0.124. The summed E-state index contributed by atoms with van der Waals surface area (Å²) in [5.74, 6) is -0.501. The molecule has 1 N–H and O–H groups in total. The number of nitrogens with one attached hydrogen (secondary N) is 1. The van der Waals surface area contributed by atoms with Crippen molar-refractivity contribution in [2.75, 3.05) is 26.7 Å². The molecule has 2 nitrogen and oxygen atoms in total. The van der Waals surface area contributed by atoms with Gasteiger partial charge in [0.05, 0.1) is 5.54 Å². The summed E-state index contributed by atoms with van der Waals surface area (Å²) in [7, 11) is 2.05. The normalized spacial score (nSPS) is 18.6. The first-order valence-electron chi connectivity index (χ1n) is 7.07. The van der Waals surface area contributed by atoms with Gasteiger partial charge in [0.15, 0.2) is 0 Å². The van der Waals surface area contributed by atoms with Gasteiger partial charge < -0.3 is 5.32 Å². The van der Waals surface area contributed by atoms with Crippen LogP contribution in [0, 0.1) is 11.6 Å². The van der Waals surface area contributed by atoms with Crippen LogP contribution in [0.25, 0.3) is 0 Å². The third-order valence-corrected chi connectivity index (χ3v) is 4.30. The molecule has 21 heavy (non-hydrogen) atoms. The Labute approximate surface area is 123 Å². The van der Waals surface area contributed by atoms with Crippen LogP contribution in [-0.2, 0) is 5.54 Å². The van der Waals surface area contributed by atoms with Crippen molar-refractivity contribution in [1.82, 2.24) is 10.2 Å². The van der Waals surface area contributed by atoms with Gasteiger partial charge in [-0.1, -0.05) is 24.3 Å². The number of hydrogen-bond donors (Lipinski definition) is 1. The summed E-state index contributed by atoms with van der Waals surface area (Å²) < 4.78 is 26.5. The fourth-order valence-corrected chi connectivity index (χ4v) is 3.10. The van der Waals surface area contributed by atoms with E-state index >= 15 is 0 Å². The molecule has 1 aliphatic rings. The maximum absolute atomic E-state index is 13.3. The van der Waals surface area contributed by atoms with Crippen LogP contribution >= 0.6 is 0 Å². The van der Waals surface area contributed by atoms with E-state index in [1.165, 1.54) is 24.3 Å². The Morgan fingerprint density at radius 1 is 0.905 bits per heavy atom. The molecule has 1 heterocycles. The van der Waals surface area contributed by atoms with Crippen LogP contribution < -0.4 is 5.32 Å². The molecule has 0 bridgehead atoms. The average molecular weight is 288 g/mol. The Morgan fingerprint density at radius 2 is 1.38 bits per heavy atom. The summed E-state index contributed by atoms with van der Waals surface area (Å²) in [6, 6.07) is 13.1. The lowest BCUT2D eigenvalue weighted by Gasteiger charge is -2.46. The first-order valence-corrected chi connectivity index (χ1v) is 7.07. The third-order valence-electron chi connectivity index (χ3n) is 4.30. The highest BCUT2D eigenvalue weighted by molar-refractivity contribution is 5.40. The molecular formula is C17H18F2N2. The maximum atomic E-state index is 13.3. The van der Waals surface area contributed by atoms with Crippen molar-refractivity contribution in [3.63, 3.8) is 0 Å². The van der Waals surface area contributed by atoms with Gasteiger partial charge in [0.25, 0.3) is 0 Å². The van der Waals surface area contributed by atoms with E-state index in [-0.39, 0.29) is 11.6 Å². The minimum atomic E-state index is -0.403. The molecule has 0 aliphatic carbocycles. The van der Waals surface area contributed by atoms with Crippen molar-refractivity contribution in [2.24, 2.45) is 0 Å². The number of likely N-dealkylation sites (N-methyl/N-ethyl adjacent to an activating group) is 1. The van der Waals surface area contributed by atoms with Crippen molar-refractivity contribution in [3.8, 4) is 0 Å². The van der Waals surface area contributed by atoms with Crippen LogP contribution in [-0.4, -0.2) is 31.6 Å². The molecule has 0 atom stereocenters. The smallest absolute Gasteiger partial charge is 0.123 e. The van der Waals surface area contributed by atoms with Crippen LogP contribution in [0.5, 0.6) is 0 Å². The Balaban J connectivity index is 2.14. The van der Waals surface area contributed by atoms with Crippen LogP contribution in [0.4, 0.5) is 8.78 Å². The van der Waals surface area contributed by atoms with E-state index in [0.29, 0.717) is 6.54 Å². The van der Waals surface area contributed by atoms with Crippen LogP contribution in [0.3, 0.4) is 0 Å². The SMILES string of the molecule is CN1CCNCC1(c1ccc(F)cc1)c1ccc(F)cc1. The summed E-state index contributed by atoms with van der Waals surface area (Å²) in [5, 5.41) is 3.40. The van der Waals surface area contributed by atoms with E-state index in [9.17, 15) is 8.78 Å². The molecule has 1 saturated heterocycles. The number of piperazine rings is 1. The van der Waals surface area contributed by atoms with Crippen LogP contribution in [0.1, 0.15) is 11.1 Å². The molecule has 1 fully saturated rings. The molecular weight excluding hydrogens is 270 g/mol. The summed E-state index contributed by atoms with van der Waals surface area (Å²) >= 11 is 0. The van der Waals surface area contributed by atoms with E-state index in [0.717, 1.165) is 24.2 Å². The third kappa shape index (κ3) is 2.45. The summed E-state index contributed by atoms with van der Waals surface area (Å²) in [6.45, 7) is 2.48. The number of rotatable bonds is 2. The van der Waals surface area contributed by atoms with Crippen molar-refractivity contribution >= 4 is 0 Å². The minimum absolute atomic E-state index is 0.251. The lowest BCUT2D eigenvalue weighted by atomic mass is 9.80. The van der Waals surface area contributed by atoms with E-state index in [1.54, 1.807) is 0 Å². The molecule has 4 heteroatoms. The second kappa shape index (κ2) is 5.54. The zero-order chi connectivity index (χ0) is 14.9. The number of nitrogens with zero attached hydrogens (tertiary/aromatic N) is 1. The number of hydrogen-bond acceptors (Lipinski definition) is 2. The van der Waals surface area contributed by atoms with Crippen LogP contribution in [0.2, 0.25) is 0 Å². The molecule has 3 rings (SSSR count). The largest absolute Gasteiger partial charge is 0.313 e. The van der Waals surface area contributed by atoms with Gasteiger partial charge in [-0.15, -0.1) is 0 Å². The highest BCUT2D eigenvalue weighted by Crippen LogP contribution is 2.36.